The van der Waals surface area contributed by atoms with Crippen molar-refractivity contribution in [3.8, 4) is 6.07 Å². The lowest BCUT2D eigenvalue weighted by Gasteiger charge is -2.10. The maximum absolute atomic E-state index is 13.2. The van der Waals surface area contributed by atoms with Gasteiger partial charge in [0, 0.05) is 12.2 Å². The second-order valence-electron chi connectivity index (χ2n) is 4.39. The van der Waals surface area contributed by atoms with Crippen LogP contribution in [-0.2, 0) is 12.7 Å². The molecular formula is C15H10F4N2. The Morgan fingerprint density at radius 3 is 2.52 bits per heavy atom. The third-order valence-electron chi connectivity index (χ3n) is 2.78. The van der Waals surface area contributed by atoms with Gasteiger partial charge in [-0.3, -0.25) is 0 Å². The lowest BCUT2D eigenvalue weighted by atomic mass is 10.1. The number of nitrogens with zero attached hydrogens (tertiary/aromatic N) is 1. The van der Waals surface area contributed by atoms with Crippen LogP contribution in [0.5, 0.6) is 0 Å². The van der Waals surface area contributed by atoms with Gasteiger partial charge in [0.2, 0.25) is 0 Å². The van der Waals surface area contributed by atoms with Gasteiger partial charge in [-0.15, -0.1) is 0 Å². The molecule has 6 heteroatoms. The first-order valence-electron chi connectivity index (χ1n) is 5.99. The van der Waals surface area contributed by atoms with Gasteiger partial charge in [-0.1, -0.05) is 12.1 Å². The summed E-state index contributed by atoms with van der Waals surface area (Å²) in [7, 11) is 0. The van der Waals surface area contributed by atoms with E-state index in [1.165, 1.54) is 24.3 Å². The number of rotatable bonds is 3. The minimum Gasteiger partial charge on any atom is -0.381 e. The van der Waals surface area contributed by atoms with Crippen LogP contribution in [0.1, 0.15) is 16.7 Å². The monoisotopic (exact) mass is 294 g/mol. The van der Waals surface area contributed by atoms with Gasteiger partial charge in [-0.25, -0.2) is 4.39 Å². The molecule has 2 rings (SSSR count). The van der Waals surface area contributed by atoms with E-state index in [9.17, 15) is 17.6 Å². The fraction of sp³-hybridized carbons (Fsp3) is 0.133. The Hall–Kier alpha value is -2.55. The van der Waals surface area contributed by atoms with Crippen molar-refractivity contribution in [2.75, 3.05) is 5.32 Å². The van der Waals surface area contributed by atoms with E-state index < -0.39 is 17.6 Å². The molecule has 0 amide bonds. The van der Waals surface area contributed by atoms with Crippen molar-refractivity contribution in [2.45, 2.75) is 12.7 Å². The van der Waals surface area contributed by atoms with Crippen molar-refractivity contribution < 1.29 is 17.6 Å². The van der Waals surface area contributed by atoms with Gasteiger partial charge in [0.05, 0.1) is 17.2 Å². The number of hydrogen-bond donors (Lipinski definition) is 1. The summed E-state index contributed by atoms with van der Waals surface area (Å²) < 4.78 is 51.0. The summed E-state index contributed by atoms with van der Waals surface area (Å²) in [5.74, 6) is -0.583. The van der Waals surface area contributed by atoms with Gasteiger partial charge >= 0.3 is 6.18 Å². The van der Waals surface area contributed by atoms with Crippen LogP contribution in [0.15, 0.2) is 42.5 Å². The summed E-state index contributed by atoms with van der Waals surface area (Å²) in [5.41, 5.74) is 0.150. The van der Waals surface area contributed by atoms with Crippen LogP contribution in [0.2, 0.25) is 0 Å². The number of halogens is 4. The topological polar surface area (TPSA) is 35.8 Å². The van der Waals surface area contributed by atoms with Gasteiger partial charge in [0.1, 0.15) is 5.82 Å². The Morgan fingerprint density at radius 2 is 1.86 bits per heavy atom. The predicted octanol–water partition coefficient (Wildman–Crippen LogP) is 4.33. The number of alkyl halides is 3. The highest BCUT2D eigenvalue weighted by Gasteiger charge is 2.30. The first kappa shape index (κ1) is 14.9. The summed E-state index contributed by atoms with van der Waals surface area (Å²) in [6.07, 6.45) is -4.40. The first-order valence-corrected chi connectivity index (χ1v) is 5.99. The molecule has 0 unspecified atom stereocenters. The van der Waals surface area contributed by atoms with E-state index in [0.29, 0.717) is 11.3 Å². The molecule has 2 nitrogen and oxygen atoms in total. The SMILES string of the molecule is N#Cc1cc(F)cc(NCc2cccc(C(F)(F)F)c2)c1. The Kier molecular flexibility index (Phi) is 4.13. The molecule has 21 heavy (non-hydrogen) atoms. The molecule has 0 aliphatic carbocycles. The van der Waals surface area contributed by atoms with Gasteiger partial charge in [0.25, 0.3) is 0 Å². The molecule has 0 aromatic heterocycles. The van der Waals surface area contributed by atoms with Crippen LogP contribution in [0.4, 0.5) is 23.2 Å². The van der Waals surface area contributed by atoms with Crippen molar-refractivity contribution in [1.82, 2.24) is 0 Å². The highest BCUT2D eigenvalue weighted by molar-refractivity contribution is 5.50. The Bertz CT molecular complexity index is 687. The molecule has 2 aromatic rings. The zero-order chi connectivity index (χ0) is 15.5. The molecule has 0 saturated heterocycles. The van der Waals surface area contributed by atoms with Crippen molar-refractivity contribution >= 4 is 5.69 Å². The highest BCUT2D eigenvalue weighted by Crippen LogP contribution is 2.29. The third-order valence-corrected chi connectivity index (χ3v) is 2.78. The maximum Gasteiger partial charge on any atom is 0.416 e. The summed E-state index contributed by atoms with van der Waals surface area (Å²) in [4.78, 5) is 0. The molecular weight excluding hydrogens is 284 g/mol. The zero-order valence-corrected chi connectivity index (χ0v) is 10.7. The van der Waals surface area contributed by atoms with Gasteiger partial charge < -0.3 is 5.32 Å². The minimum absolute atomic E-state index is 0.0955. The molecule has 108 valence electrons. The van der Waals surface area contributed by atoms with E-state index in [1.54, 1.807) is 6.07 Å². The molecule has 0 spiro atoms. The lowest BCUT2D eigenvalue weighted by Crippen LogP contribution is -2.07. The van der Waals surface area contributed by atoms with E-state index >= 15 is 0 Å². The van der Waals surface area contributed by atoms with E-state index in [0.717, 1.165) is 18.2 Å². The molecule has 1 N–H and O–H groups in total. The molecule has 0 saturated carbocycles. The van der Waals surface area contributed by atoms with Crippen LogP contribution in [0, 0.1) is 17.1 Å². The van der Waals surface area contributed by atoms with E-state index in [2.05, 4.69) is 5.32 Å². The number of hydrogen-bond acceptors (Lipinski definition) is 2. The normalized spacial score (nSPS) is 11.0. The second kappa shape index (κ2) is 5.83. The molecule has 0 bridgehead atoms. The van der Waals surface area contributed by atoms with Gasteiger partial charge in [-0.05, 0) is 35.9 Å². The molecule has 2 aromatic carbocycles. The average Bonchev–Trinajstić information content (AvgIpc) is 2.44. The molecule has 0 radical (unpaired) electrons. The van der Waals surface area contributed by atoms with Crippen LogP contribution in [-0.4, -0.2) is 0 Å². The summed E-state index contributed by atoms with van der Waals surface area (Å²) in [6.45, 7) is 0.0955. The van der Waals surface area contributed by atoms with Gasteiger partial charge in [-0.2, -0.15) is 18.4 Å². The number of nitrogens with one attached hydrogen (secondary N) is 1. The molecule has 0 atom stereocenters. The van der Waals surface area contributed by atoms with Gasteiger partial charge in [0.15, 0.2) is 0 Å². The van der Waals surface area contributed by atoms with Crippen molar-refractivity contribution in [3.63, 3.8) is 0 Å². The van der Waals surface area contributed by atoms with E-state index in [-0.39, 0.29) is 12.1 Å². The third kappa shape index (κ3) is 3.96. The average molecular weight is 294 g/mol. The van der Waals surface area contributed by atoms with E-state index in [4.69, 9.17) is 5.26 Å². The van der Waals surface area contributed by atoms with Crippen LogP contribution >= 0.6 is 0 Å². The lowest BCUT2D eigenvalue weighted by molar-refractivity contribution is -0.137. The molecule has 0 aliphatic rings. The molecule has 0 fully saturated rings. The minimum atomic E-state index is -4.40. The van der Waals surface area contributed by atoms with Crippen LogP contribution in [0.3, 0.4) is 0 Å². The standard InChI is InChI=1S/C15H10F4N2/c16-13-5-11(8-20)6-14(7-13)21-9-10-2-1-3-12(4-10)15(17,18)19/h1-7,21H,9H2. The zero-order valence-electron chi connectivity index (χ0n) is 10.7. The number of nitriles is 1. The second-order valence-corrected chi connectivity index (χ2v) is 4.39. The number of anilines is 1. The van der Waals surface area contributed by atoms with E-state index in [1.807, 2.05) is 0 Å². The summed E-state index contributed by atoms with van der Waals surface area (Å²) >= 11 is 0. The molecule has 0 heterocycles. The maximum atomic E-state index is 13.2. The fourth-order valence-corrected chi connectivity index (χ4v) is 1.82. The Labute approximate surface area is 118 Å². The smallest absolute Gasteiger partial charge is 0.381 e. The Morgan fingerprint density at radius 1 is 1.10 bits per heavy atom. The van der Waals surface area contributed by atoms with Crippen molar-refractivity contribution in [3.05, 3.63) is 65.0 Å². The van der Waals surface area contributed by atoms with Crippen LogP contribution in [0.25, 0.3) is 0 Å². The summed E-state index contributed by atoms with van der Waals surface area (Å²) in [6, 6.07) is 10.3. The Balaban J connectivity index is 2.14. The fourth-order valence-electron chi connectivity index (χ4n) is 1.82. The van der Waals surface area contributed by atoms with Crippen molar-refractivity contribution in [2.24, 2.45) is 0 Å². The first-order chi connectivity index (χ1) is 9.88. The highest BCUT2D eigenvalue weighted by atomic mass is 19.4. The largest absolute Gasteiger partial charge is 0.416 e. The number of benzene rings is 2. The quantitative estimate of drug-likeness (QED) is 0.855. The molecule has 0 aliphatic heterocycles. The van der Waals surface area contributed by atoms with Crippen LogP contribution < -0.4 is 5.32 Å². The predicted molar refractivity (Wildman–Crippen MR) is 69.9 cm³/mol. The summed E-state index contributed by atoms with van der Waals surface area (Å²) in [5, 5.41) is 11.5. The van der Waals surface area contributed by atoms with Crippen molar-refractivity contribution in [1.29, 1.82) is 5.26 Å².